The quantitative estimate of drug-likeness (QED) is 0.163. The molecule has 0 aliphatic carbocycles. The number of fused-ring (bicyclic) bond motifs is 1. The second kappa shape index (κ2) is 11.0. The minimum atomic E-state index is -0.336. The van der Waals surface area contributed by atoms with Gasteiger partial charge in [0.05, 0.1) is 17.6 Å². The average molecular weight is 513 g/mol. The summed E-state index contributed by atoms with van der Waals surface area (Å²) in [6.45, 7) is 7.10. The molecule has 2 heterocycles. The summed E-state index contributed by atoms with van der Waals surface area (Å²) in [5.41, 5.74) is 2.15. The number of benzene rings is 1. The standard InChI is InChI=1S/C19H27N7O2.HI/c1-3-20-18(22-10-12-26-17(27)13-23-19(26)28)21-9-6-11-25-14(2)24-15-7-4-5-8-16(15)25;/h4-5,7-8H,3,6,9-13H2,1-2H3,(H,23,28)(H2,20,21,22);1H. The number of urea groups is 1. The lowest BCUT2D eigenvalue weighted by Crippen LogP contribution is -2.43. The number of carbonyl (C=O) groups is 2. The van der Waals surface area contributed by atoms with Gasteiger partial charge in [0.25, 0.3) is 0 Å². The first-order chi connectivity index (χ1) is 13.6. The number of halogens is 1. The number of guanidine groups is 1. The Balaban J connectivity index is 0.00000300. The summed E-state index contributed by atoms with van der Waals surface area (Å²) in [6, 6.07) is 7.79. The van der Waals surface area contributed by atoms with Crippen molar-refractivity contribution in [2.75, 3.05) is 32.7 Å². The SMILES string of the molecule is CCNC(=NCCCn1c(C)nc2ccccc21)NCCN1C(=O)CNC1=O.I. The van der Waals surface area contributed by atoms with Crippen molar-refractivity contribution in [1.82, 2.24) is 30.4 Å². The van der Waals surface area contributed by atoms with Gasteiger partial charge in [0.15, 0.2) is 5.96 Å². The summed E-state index contributed by atoms with van der Waals surface area (Å²) in [6.07, 6.45) is 0.880. The van der Waals surface area contributed by atoms with Crippen LogP contribution in [0.1, 0.15) is 19.2 Å². The molecule has 158 valence electrons. The van der Waals surface area contributed by atoms with E-state index >= 15 is 0 Å². The molecular weight excluding hydrogens is 485 g/mol. The zero-order valence-corrected chi connectivity index (χ0v) is 19.1. The Morgan fingerprint density at radius 1 is 1.24 bits per heavy atom. The van der Waals surface area contributed by atoms with Crippen LogP contribution in [0.5, 0.6) is 0 Å². The van der Waals surface area contributed by atoms with Crippen LogP contribution in [0.4, 0.5) is 4.79 Å². The summed E-state index contributed by atoms with van der Waals surface area (Å²) < 4.78 is 2.21. The van der Waals surface area contributed by atoms with Gasteiger partial charge in [0.1, 0.15) is 5.82 Å². The second-order valence-electron chi connectivity index (χ2n) is 6.54. The number of amides is 3. The number of nitrogens with zero attached hydrogens (tertiary/aromatic N) is 4. The fourth-order valence-electron chi connectivity index (χ4n) is 3.21. The zero-order chi connectivity index (χ0) is 19.9. The molecular formula is C19H28IN7O2. The van der Waals surface area contributed by atoms with Crippen molar-refractivity contribution < 1.29 is 9.59 Å². The molecule has 3 amide bonds. The van der Waals surface area contributed by atoms with Gasteiger partial charge >= 0.3 is 6.03 Å². The molecule has 3 N–H and O–H groups in total. The monoisotopic (exact) mass is 513 g/mol. The molecule has 1 aromatic heterocycles. The highest BCUT2D eigenvalue weighted by molar-refractivity contribution is 14.0. The maximum Gasteiger partial charge on any atom is 0.324 e. The van der Waals surface area contributed by atoms with Crippen LogP contribution in [-0.4, -0.2) is 65.1 Å². The summed E-state index contributed by atoms with van der Waals surface area (Å²) in [7, 11) is 0. The number of hydrogen-bond donors (Lipinski definition) is 3. The molecule has 1 aliphatic rings. The molecule has 0 atom stereocenters. The predicted molar refractivity (Wildman–Crippen MR) is 124 cm³/mol. The Bertz CT molecular complexity index is 865. The minimum Gasteiger partial charge on any atom is -0.357 e. The van der Waals surface area contributed by atoms with Crippen LogP contribution in [0.2, 0.25) is 0 Å². The second-order valence-corrected chi connectivity index (χ2v) is 6.54. The van der Waals surface area contributed by atoms with Gasteiger partial charge in [-0.25, -0.2) is 9.78 Å². The summed E-state index contributed by atoms with van der Waals surface area (Å²) in [4.78, 5) is 33.5. The molecule has 2 aromatic rings. The van der Waals surface area contributed by atoms with Gasteiger partial charge in [0, 0.05) is 32.7 Å². The van der Waals surface area contributed by atoms with Crippen molar-refractivity contribution in [2.45, 2.75) is 26.8 Å². The van der Waals surface area contributed by atoms with Gasteiger partial charge in [-0.1, -0.05) is 12.1 Å². The van der Waals surface area contributed by atoms with Gasteiger partial charge in [-0.3, -0.25) is 14.7 Å². The first-order valence-corrected chi connectivity index (χ1v) is 9.62. The van der Waals surface area contributed by atoms with E-state index in [1.165, 1.54) is 4.90 Å². The largest absolute Gasteiger partial charge is 0.357 e. The minimum absolute atomic E-state index is 0. The van der Waals surface area contributed by atoms with Crippen molar-refractivity contribution >= 4 is 52.9 Å². The van der Waals surface area contributed by atoms with Gasteiger partial charge in [-0.05, 0) is 32.4 Å². The first kappa shape index (κ1) is 22.9. The average Bonchev–Trinajstić information content (AvgIpc) is 3.18. The number of aromatic nitrogens is 2. The lowest BCUT2D eigenvalue weighted by molar-refractivity contribution is -0.124. The van der Waals surface area contributed by atoms with Gasteiger partial charge in [0.2, 0.25) is 5.91 Å². The number of rotatable bonds is 8. The molecule has 0 bridgehead atoms. The Labute approximate surface area is 187 Å². The van der Waals surface area contributed by atoms with E-state index in [4.69, 9.17) is 0 Å². The molecule has 1 aromatic carbocycles. The van der Waals surface area contributed by atoms with Crippen molar-refractivity contribution in [3.8, 4) is 0 Å². The summed E-state index contributed by atoms with van der Waals surface area (Å²) in [5.74, 6) is 1.49. The third-order valence-electron chi connectivity index (χ3n) is 4.56. The highest BCUT2D eigenvalue weighted by Gasteiger charge is 2.27. The molecule has 9 nitrogen and oxygen atoms in total. The van der Waals surface area contributed by atoms with E-state index in [-0.39, 0.29) is 42.5 Å². The highest BCUT2D eigenvalue weighted by atomic mass is 127. The van der Waals surface area contributed by atoms with Crippen LogP contribution in [0.3, 0.4) is 0 Å². The van der Waals surface area contributed by atoms with Crippen molar-refractivity contribution in [1.29, 1.82) is 0 Å². The maximum atomic E-state index is 11.6. The van der Waals surface area contributed by atoms with E-state index in [0.717, 1.165) is 36.4 Å². The molecule has 10 heteroatoms. The van der Waals surface area contributed by atoms with E-state index in [1.54, 1.807) is 0 Å². The van der Waals surface area contributed by atoms with E-state index in [2.05, 4.69) is 36.6 Å². The van der Waals surface area contributed by atoms with Crippen LogP contribution < -0.4 is 16.0 Å². The number of nitrogens with one attached hydrogen (secondary N) is 3. The fourth-order valence-corrected chi connectivity index (χ4v) is 3.21. The van der Waals surface area contributed by atoms with Crippen molar-refractivity contribution in [3.63, 3.8) is 0 Å². The number of aliphatic imine (C=N–C) groups is 1. The number of para-hydroxylation sites is 2. The first-order valence-electron chi connectivity index (χ1n) is 9.62. The molecule has 29 heavy (non-hydrogen) atoms. The number of aryl methyl sites for hydroxylation is 2. The number of carbonyl (C=O) groups excluding carboxylic acids is 2. The lowest BCUT2D eigenvalue weighted by Gasteiger charge is -2.15. The number of imidazole rings is 1. The molecule has 1 saturated heterocycles. The maximum absolute atomic E-state index is 11.6. The van der Waals surface area contributed by atoms with Gasteiger partial charge < -0.3 is 20.5 Å². The van der Waals surface area contributed by atoms with Crippen molar-refractivity contribution in [2.24, 2.45) is 4.99 Å². The summed E-state index contributed by atoms with van der Waals surface area (Å²) in [5, 5.41) is 8.86. The molecule has 0 spiro atoms. The Kier molecular flexibility index (Phi) is 8.68. The number of imide groups is 1. The highest BCUT2D eigenvalue weighted by Crippen LogP contribution is 2.15. The Morgan fingerprint density at radius 3 is 2.76 bits per heavy atom. The molecule has 0 radical (unpaired) electrons. The van der Waals surface area contributed by atoms with E-state index < -0.39 is 0 Å². The third-order valence-corrected chi connectivity index (χ3v) is 4.56. The number of hydrogen-bond acceptors (Lipinski definition) is 4. The van der Waals surface area contributed by atoms with E-state index in [9.17, 15) is 9.59 Å². The molecule has 0 unspecified atom stereocenters. The van der Waals surface area contributed by atoms with E-state index in [0.29, 0.717) is 25.6 Å². The molecule has 0 saturated carbocycles. The topological polar surface area (TPSA) is 104 Å². The molecule has 1 aliphatic heterocycles. The van der Waals surface area contributed by atoms with Crippen LogP contribution in [0.25, 0.3) is 11.0 Å². The predicted octanol–water partition coefficient (Wildman–Crippen LogP) is 1.46. The van der Waals surface area contributed by atoms with Crippen molar-refractivity contribution in [3.05, 3.63) is 30.1 Å². The van der Waals surface area contributed by atoms with E-state index in [1.807, 2.05) is 32.0 Å². The lowest BCUT2D eigenvalue weighted by atomic mass is 10.3. The molecule has 3 rings (SSSR count). The smallest absolute Gasteiger partial charge is 0.324 e. The van der Waals surface area contributed by atoms with Crippen LogP contribution >= 0.6 is 24.0 Å². The fraction of sp³-hybridized carbons (Fsp3) is 0.474. The van der Waals surface area contributed by atoms with Crippen LogP contribution in [0, 0.1) is 6.92 Å². The normalized spacial score (nSPS) is 14.1. The summed E-state index contributed by atoms with van der Waals surface area (Å²) >= 11 is 0. The van der Waals surface area contributed by atoms with Crippen LogP contribution in [-0.2, 0) is 11.3 Å². The van der Waals surface area contributed by atoms with Gasteiger partial charge in [-0.2, -0.15) is 0 Å². The van der Waals surface area contributed by atoms with Crippen LogP contribution in [0.15, 0.2) is 29.3 Å². The van der Waals surface area contributed by atoms with Gasteiger partial charge in [-0.15, -0.1) is 24.0 Å². The Morgan fingerprint density at radius 2 is 2.03 bits per heavy atom. The third kappa shape index (κ3) is 5.81. The zero-order valence-electron chi connectivity index (χ0n) is 16.8. The molecule has 1 fully saturated rings. The Hall–Kier alpha value is -2.37.